The van der Waals surface area contributed by atoms with Crippen molar-refractivity contribution in [2.24, 2.45) is 0 Å². The number of H-pyrrole nitrogens is 1. The Bertz CT molecular complexity index is 538. The highest BCUT2D eigenvalue weighted by molar-refractivity contribution is 6.04. The predicted octanol–water partition coefficient (Wildman–Crippen LogP) is 0.816. The molecule has 0 aliphatic heterocycles. The highest BCUT2D eigenvalue weighted by Gasteiger charge is 2.12. The highest BCUT2D eigenvalue weighted by atomic mass is 16.1. The average Bonchev–Trinajstić information content (AvgIpc) is 2.69. The predicted molar refractivity (Wildman–Crippen MR) is 54.0 cm³/mol. The number of carbonyl (C=O) groups excluding carboxylic acids is 1. The number of para-hydroxylation sites is 1. The van der Waals surface area contributed by atoms with Gasteiger partial charge >= 0.3 is 0 Å². The monoisotopic (exact) mass is 200 g/mol. The molecule has 0 atom stereocenters. The van der Waals surface area contributed by atoms with E-state index in [0.717, 1.165) is 10.9 Å². The number of hydrogen-bond acceptors (Lipinski definition) is 3. The first kappa shape index (κ1) is 9.21. The van der Waals surface area contributed by atoms with Crippen LogP contribution in [0.15, 0.2) is 24.3 Å². The lowest BCUT2D eigenvalue weighted by molar-refractivity contribution is 0.0955. The van der Waals surface area contributed by atoms with Gasteiger partial charge in [-0.2, -0.15) is 10.4 Å². The van der Waals surface area contributed by atoms with E-state index in [-0.39, 0.29) is 12.5 Å². The number of rotatable bonds is 2. The lowest BCUT2D eigenvalue weighted by Crippen LogP contribution is -2.24. The Kier molecular flexibility index (Phi) is 2.33. The van der Waals surface area contributed by atoms with E-state index in [2.05, 4.69) is 15.5 Å². The highest BCUT2D eigenvalue weighted by Crippen LogP contribution is 2.14. The number of nitrogens with one attached hydrogen (secondary N) is 2. The molecule has 0 saturated heterocycles. The second kappa shape index (κ2) is 3.80. The van der Waals surface area contributed by atoms with Crippen molar-refractivity contribution in [2.45, 2.75) is 0 Å². The van der Waals surface area contributed by atoms with Crippen LogP contribution in [-0.2, 0) is 0 Å². The second-order valence-corrected chi connectivity index (χ2v) is 2.96. The number of carbonyl (C=O) groups is 1. The molecule has 2 rings (SSSR count). The van der Waals surface area contributed by atoms with Crippen LogP contribution in [0.25, 0.3) is 10.9 Å². The fraction of sp³-hybridized carbons (Fsp3) is 0.100. The van der Waals surface area contributed by atoms with Crippen LogP contribution >= 0.6 is 0 Å². The summed E-state index contributed by atoms with van der Waals surface area (Å²) in [6.07, 6.45) is 0. The van der Waals surface area contributed by atoms with E-state index in [0.29, 0.717) is 5.69 Å². The molecule has 15 heavy (non-hydrogen) atoms. The number of hydrogen-bond donors (Lipinski definition) is 2. The van der Waals surface area contributed by atoms with Crippen molar-refractivity contribution in [1.82, 2.24) is 15.5 Å². The number of nitriles is 1. The summed E-state index contributed by atoms with van der Waals surface area (Å²) in [6.45, 7) is -0.0139. The molecular weight excluding hydrogens is 192 g/mol. The molecule has 5 heteroatoms. The van der Waals surface area contributed by atoms with E-state index in [1.54, 1.807) is 6.07 Å². The molecule has 1 amide bonds. The number of nitrogens with zero attached hydrogens (tertiary/aromatic N) is 2. The van der Waals surface area contributed by atoms with Crippen LogP contribution in [-0.4, -0.2) is 22.6 Å². The molecule has 0 radical (unpaired) electrons. The van der Waals surface area contributed by atoms with Crippen LogP contribution in [0.2, 0.25) is 0 Å². The minimum Gasteiger partial charge on any atom is -0.338 e. The van der Waals surface area contributed by atoms with Crippen molar-refractivity contribution in [3.05, 3.63) is 30.0 Å². The molecular formula is C10H8N4O. The van der Waals surface area contributed by atoms with E-state index in [4.69, 9.17) is 5.26 Å². The minimum atomic E-state index is -0.339. The van der Waals surface area contributed by atoms with Gasteiger partial charge in [-0.15, -0.1) is 0 Å². The third-order valence-corrected chi connectivity index (χ3v) is 2.01. The lowest BCUT2D eigenvalue weighted by Gasteiger charge is -1.96. The Morgan fingerprint density at radius 3 is 3.13 bits per heavy atom. The summed E-state index contributed by atoms with van der Waals surface area (Å²) < 4.78 is 0. The molecule has 74 valence electrons. The van der Waals surface area contributed by atoms with Gasteiger partial charge in [0.1, 0.15) is 6.54 Å². The van der Waals surface area contributed by atoms with Gasteiger partial charge in [0.15, 0.2) is 5.69 Å². The van der Waals surface area contributed by atoms with Crippen molar-refractivity contribution < 1.29 is 4.79 Å². The van der Waals surface area contributed by atoms with Gasteiger partial charge in [0.25, 0.3) is 5.91 Å². The van der Waals surface area contributed by atoms with Gasteiger partial charge in [-0.05, 0) is 6.07 Å². The molecule has 1 aromatic carbocycles. The van der Waals surface area contributed by atoms with E-state index in [1.165, 1.54) is 0 Å². The zero-order chi connectivity index (χ0) is 10.7. The Morgan fingerprint density at radius 1 is 1.53 bits per heavy atom. The van der Waals surface area contributed by atoms with Crippen molar-refractivity contribution in [3.8, 4) is 6.07 Å². The number of benzene rings is 1. The summed E-state index contributed by atoms with van der Waals surface area (Å²) in [5, 5.41) is 18.2. The van der Waals surface area contributed by atoms with Crippen molar-refractivity contribution in [1.29, 1.82) is 5.26 Å². The van der Waals surface area contributed by atoms with Gasteiger partial charge in [-0.25, -0.2) is 0 Å². The summed E-state index contributed by atoms with van der Waals surface area (Å²) >= 11 is 0. The van der Waals surface area contributed by atoms with Crippen LogP contribution in [0, 0.1) is 11.3 Å². The Hall–Kier alpha value is -2.35. The first-order chi connectivity index (χ1) is 7.33. The molecule has 0 aliphatic rings. The topological polar surface area (TPSA) is 81.6 Å². The minimum absolute atomic E-state index is 0.0139. The third-order valence-electron chi connectivity index (χ3n) is 2.01. The molecule has 1 aromatic heterocycles. The SMILES string of the molecule is N#CCNC(=O)c1n[nH]c2ccccc12. The van der Waals surface area contributed by atoms with Crippen molar-refractivity contribution in [3.63, 3.8) is 0 Å². The largest absolute Gasteiger partial charge is 0.338 e. The van der Waals surface area contributed by atoms with Gasteiger partial charge in [-0.3, -0.25) is 9.89 Å². The van der Waals surface area contributed by atoms with Crippen molar-refractivity contribution in [2.75, 3.05) is 6.54 Å². The smallest absolute Gasteiger partial charge is 0.273 e. The fourth-order valence-electron chi connectivity index (χ4n) is 1.34. The molecule has 0 unspecified atom stereocenters. The number of amides is 1. The molecule has 2 aromatic rings. The summed E-state index contributed by atoms with van der Waals surface area (Å²) in [7, 11) is 0. The Balaban J connectivity index is 2.36. The maximum atomic E-state index is 11.5. The maximum Gasteiger partial charge on any atom is 0.273 e. The Labute approximate surface area is 85.7 Å². The molecule has 0 saturated carbocycles. The molecule has 0 bridgehead atoms. The average molecular weight is 200 g/mol. The second-order valence-electron chi connectivity index (χ2n) is 2.96. The number of aromatic amines is 1. The first-order valence-corrected chi connectivity index (χ1v) is 4.41. The van der Waals surface area contributed by atoms with Crippen molar-refractivity contribution >= 4 is 16.8 Å². The molecule has 0 spiro atoms. The maximum absolute atomic E-state index is 11.5. The number of fused-ring (bicyclic) bond motifs is 1. The zero-order valence-corrected chi connectivity index (χ0v) is 7.82. The standard InChI is InChI=1S/C10H8N4O/c11-5-6-12-10(15)9-7-3-1-2-4-8(7)13-14-9/h1-4H,6H2,(H,12,15)(H,13,14). The van der Waals surface area contributed by atoms with Crippen LogP contribution in [0.4, 0.5) is 0 Å². The Morgan fingerprint density at radius 2 is 2.33 bits per heavy atom. The molecule has 1 heterocycles. The zero-order valence-electron chi connectivity index (χ0n) is 7.82. The summed E-state index contributed by atoms with van der Waals surface area (Å²) in [4.78, 5) is 11.5. The van der Waals surface area contributed by atoms with Crippen LogP contribution in [0.3, 0.4) is 0 Å². The normalized spacial score (nSPS) is 9.80. The third kappa shape index (κ3) is 1.65. The quantitative estimate of drug-likeness (QED) is 0.704. The summed E-state index contributed by atoms with van der Waals surface area (Å²) in [6, 6.07) is 9.17. The number of aromatic nitrogens is 2. The summed E-state index contributed by atoms with van der Waals surface area (Å²) in [5.41, 5.74) is 1.13. The first-order valence-electron chi connectivity index (χ1n) is 4.41. The van der Waals surface area contributed by atoms with Gasteiger partial charge in [-0.1, -0.05) is 18.2 Å². The van der Waals surface area contributed by atoms with Gasteiger partial charge in [0, 0.05) is 5.39 Å². The lowest BCUT2D eigenvalue weighted by atomic mass is 10.2. The van der Waals surface area contributed by atoms with Gasteiger partial charge < -0.3 is 5.32 Å². The molecule has 2 N–H and O–H groups in total. The van der Waals surface area contributed by atoms with E-state index < -0.39 is 0 Å². The van der Waals surface area contributed by atoms with E-state index >= 15 is 0 Å². The molecule has 0 fully saturated rings. The van der Waals surface area contributed by atoms with Crippen LogP contribution in [0.1, 0.15) is 10.5 Å². The van der Waals surface area contributed by atoms with E-state index in [1.807, 2.05) is 24.3 Å². The molecule has 5 nitrogen and oxygen atoms in total. The van der Waals surface area contributed by atoms with Gasteiger partial charge in [0.2, 0.25) is 0 Å². The van der Waals surface area contributed by atoms with Crippen LogP contribution in [0.5, 0.6) is 0 Å². The van der Waals surface area contributed by atoms with Crippen LogP contribution < -0.4 is 5.32 Å². The fourth-order valence-corrected chi connectivity index (χ4v) is 1.34. The van der Waals surface area contributed by atoms with Gasteiger partial charge in [0.05, 0.1) is 11.6 Å². The van der Waals surface area contributed by atoms with E-state index in [9.17, 15) is 4.79 Å². The molecule has 0 aliphatic carbocycles. The summed E-state index contributed by atoms with van der Waals surface area (Å²) in [5.74, 6) is -0.339.